The topological polar surface area (TPSA) is 64.6 Å². The van der Waals surface area contributed by atoms with Gasteiger partial charge in [-0.1, -0.05) is 43.6 Å². The van der Waals surface area contributed by atoms with Crippen molar-refractivity contribution in [1.29, 1.82) is 0 Å². The summed E-state index contributed by atoms with van der Waals surface area (Å²) in [6, 6.07) is 0. The van der Waals surface area contributed by atoms with Crippen LogP contribution in [-0.4, -0.2) is 30.8 Å². The van der Waals surface area contributed by atoms with Gasteiger partial charge in [-0.05, 0) is 82.9 Å². The first-order valence-corrected chi connectivity index (χ1v) is 11.7. The molecule has 172 valence electrons. The Balaban J connectivity index is 2.11. The first-order valence-electron chi connectivity index (χ1n) is 11.7. The number of allylic oxidation sites excluding steroid dienone is 3. The van der Waals surface area contributed by atoms with E-state index < -0.39 is 0 Å². The zero-order valence-corrected chi connectivity index (χ0v) is 19.7. The zero-order valence-electron chi connectivity index (χ0n) is 19.7. The van der Waals surface area contributed by atoms with Crippen LogP contribution in [0, 0.1) is 0 Å². The van der Waals surface area contributed by atoms with Gasteiger partial charge in [0.25, 0.3) is 0 Å². The third-order valence-electron chi connectivity index (χ3n) is 6.10. The van der Waals surface area contributed by atoms with E-state index in [2.05, 4.69) is 31.8 Å². The maximum atomic E-state index is 12.3. The number of unbranched alkanes of at least 4 members (excludes halogenated alkanes) is 2. The summed E-state index contributed by atoms with van der Waals surface area (Å²) >= 11 is 0. The van der Waals surface area contributed by atoms with Crippen LogP contribution in [0.2, 0.25) is 0 Å². The summed E-state index contributed by atoms with van der Waals surface area (Å²) in [5.74, 6) is -0.218. The number of rotatable bonds is 5. The highest BCUT2D eigenvalue weighted by Crippen LogP contribution is 2.31. The Hall–Kier alpha value is -2.30. The summed E-state index contributed by atoms with van der Waals surface area (Å²) in [6.07, 6.45) is 11.3. The minimum atomic E-state index is -0.373. The minimum absolute atomic E-state index is 0.218. The summed E-state index contributed by atoms with van der Waals surface area (Å²) in [4.78, 5) is 24.4. The molecule has 0 fully saturated rings. The number of esters is 1. The van der Waals surface area contributed by atoms with Crippen molar-refractivity contribution in [1.82, 2.24) is 5.32 Å². The largest absolute Gasteiger partial charge is 0.450 e. The molecule has 5 heteroatoms. The molecule has 5 nitrogen and oxygen atoms in total. The van der Waals surface area contributed by atoms with Crippen LogP contribution < -0.4 is 5.32 Å². The van der Waals surface area contributed by atoms with Crippen LogP contribution in [0.1, 0.15) is 85.5 Å². The van der Waals surface area contributed by atoms with Crippen molar-refractivity contribution >= 4 is 12.1 Å². The number of fused-ring (bicyclic) bond motifs is 1. The number of hydrogen-bond acceptors (Lipinski definition) is 4. The predicted octanol–water partition coefficient (Wildman–Crippen LogP) is 6.32. The molecule has 2 aliphatic rings. The molecule has 31 heavy (non-hydrogen) atoms. The predicted molar refractivity (Wildman–Crippen MR) is 125 cm³/mol. The van der Waals surface area contributed by atoms with E-state index in [4.69, 9.17) is 9.47 Å². The quantitative estimate of drug-likeness (QED) is 0.316. The molecule has 2 atom stereocenters. The SMILES string of the molecule is C=C1CC/C=C(\C)CCC2=C(C)C(=O)O[C@H]2/C=C(\C)CC[C@@H]1OC(=O)NCCCCC. The van der Waals surface area contributed by atoms with Crippen molar-refractivity contribution in [3.8, 4) is 0 Å². The molecule has 0 saturated carbocycles. The van der Waals surface area contributed by atoms with Gasteiger partial charge in [0.2, 0.25) is 0 Å². The molecule has 1 amide bonds. The second kappa shape index (κ2) is 12.5. The van der Waals surface area contributed by atoms with Gasteiger partial charge in [-0.2, -0.15) is 0 Å². The van der Waals surface area contributed by atoms with Crippen LogP contribution in [0.4, 0.5) is 4.79 Å². The number of amides is 1. The fraction of sp³-hybridized carbons (Fsp3) is 0.615. The number of nitrogens with one attached hydrogen (secondary N) is 1. The Kier molecular flexibility index (Phi) is 10.1. The second-order valence-corrected chi connectivity index (χ2v) is 8.80. The van der Waals surface area contributed by atoms with Gasteiger partial charge in [-0.25, -0.2) is 9.59 Å². The van der Waals surface area contributed by atoms with Crippen molar-refractivity contribution in [2.45, 2.75) is 97.7 Å². The van der Waals surface area contributed by atoms with Crippen molar-refractivity contribution in [3.05, 3.63) is 46.6 Å². The summed E-state index contributed by atoms with van der Waals surface area (Å²) in [5, 5.41) is 2.86. The molecule has 0 aromatic carbocycles. The van der Waals surface area contributed by atoms with E-state index in [1.807, 2.05) is 19.9 Å². The lowest BCUT2D eigenvalue weighted by molar-refractivity contribution is -0.138. The van der Waals surface area contributed by atoms with E-state index in [1.54, 1.807) is 0 Å². The van der Waals surface area contributed by atoms with E-state index in [-0.39, 0.29) is 24.3 Å². The summed E-state index contributed by atoms with van der Waals surface area (Å²) in [7, 11) is 0. The molecule has 0 unspecified atom stereocenters. The van der Waals surface area contributed by atoms with Crippen molar-refractivity contribution in [2.75, 3.05) is 6.54 Å². The summed E-state index contributed by atoms with van der Waals surface area (Å²) in [5.41, 5.74) is 5.18. The van der Waals surface area contributed by atoms with Gasteiger partial charge in [0, 0.05) is 12.1 Å². The third kappa shape index (κ3) is 8.04. The lowest BCUT2D eigenvalue weighted by Gasteiger charge is -2.21. The average molecular weight is 430 g/mol. The highest BCUT2D eigenvalue weighted by Gasteiger charge is 2.29. The van der Waals surface area contributed by atoms with Gasteiger partial charge >= 0.3 is 12.1 Å². The van der Waals surface area contributed by atoms with Crippen LogP contribution in [0.5, 0.6) is 0 Å². The third-order valence-corrected chi connectivity index (χ3v) is 6.10. The number of alkyl carbamates (subject to hydrolysis) is 1. The molecule has 1 aliphatic heterocycles. The fourth-order valence-electron chi connectivity index (χ4n) is 3.97. The highest BCUT2D eigenvalue weighted by atomic mass is 16.6. The Morgan fingerprint density at radius 3 is 2.68 bits per heavy atom. The molecular formula is C26H39NO4. The maximum Gasteiger partial charge on any atom is 0.407 e. The van der Waals surface area contributed by atoms with Gasteiger partial charge in [0.1, 0.15) is 12.2 Å². The smallest absolute Gasteiger partial charge is 0.407 e. The maximum absolute atomic E-state index is 12.3. The molecule has 0 radical (unpaired) electrons. The zero-order chi connectivity index (χ0) is 22.8. The minimum Gasteiger partial charge on any atom is -0.450 e. The standard InChI is InChI=1S/C26H39NO4/c1-6-7-8-16-27-26(29)31-23-15-13-19(3)17-24-22(21(5)25(28)30-24)14-12-18(2)10-9-11-20(23)4/h10,17,23-24H,4,6-9,11-16H2,1-3,5H3,(H,27,29)/b18-10+,19-17+/t23-,24-/m0/s1. The summed E-state index contributed by atoms with van der Waals surface area (Å²) < 4.78 is 11.3. The van der Waals surface area contributed by atoms with Gasteiger partial charge < -0.3 is 14.8 Å². The fourth-order valence-corrected chi connectivity index (χ4v) is 3.97. The molecule has 0 aromatic rings. The Labute approximate surface area is 187 Å². The van der Waals surface area contributed by atoms with Crippen molar-refractivity contribution in [2.24, 2.45) is 0 Å². The monoisotopic (exact) mass is 429 g/mol. The lowest BCUT2D eigenvalue weighted by Crippen LogP contribution is -2.30. The van der Waals surface area contributed by atoms with Gasteiger partial charge in [0.05, 0.1) is 0 Å². The normalized spacial score (nSPS) is 26.7. The number of hydrogen-bond donors (Lipinski definition) is 1. The Bertz CT molecular complexity index is 759. The molecule has 1 heterocycles. The van der Waals surface area contributed by atoms with Crippen molar-refractivity contribution < 1.29 is 19.1 Å². The Morgan fingerprint density at radius 1 is 1.16 bits per heavy atom. The first kappa shape index (κ1) is 25.0. The molecule has 0 bridgehead atoms. The van der Waals surface area contributed by atoms with E-state index in [0.717, 1.165) is 73.7 Å². The van der Waals surface area contributed by atoms with E-state index in [9.17, 15) is 9.59 Å². The second-order valence-electron chi connectivity index (χ2n) is 8.80. The van der Waals surface area contributed by atoms with Crippen LogP contribution in [-0.2, 0) is 14.3 Å². The molecular weight excluding hydrogens is 390 g/mol. The number of carbonyl (C=O) groups is 2. The average Bonchev–Trinajstić information content (AvgIpc) is 2.98. The highest BCUT2D eigenvalue weighted by molar-refractivity contribution is 5.92. The first-order chi connectivity index (χ1) is 14.8. The number of ether oxygens (including phenoxy) is 2. The summed E-state index contributed by atoms with van der Waals surface area (Å²) in [6.45, 7) is 13.0. The van der Waals surface area contributed by atoms with E-state index in [1.165, 1.54) is 5.57 Å². The molecule has 1 aliphatic carbocycles. The number of carbonyl (C=O) groups excluding carboxylic acids is 2. The van der Waals surface area contributed by atoms with Gasteiger partial charge in [-0.15, -0.1) is 0 Å². The van der Waals surface area contributed by atoms with Crippen LogP contribution in [0.15, 0.2) is 46.6 Å². The molecule has 0 aromatic heterocycles. The van der Waals surface area contributed by atoms with E-state index in [0.29, 0.717) is 13.0 Å². The molecule has 0 saturated heterocycles. The van der Waals surface area contributed by atoms with Gasteiger partial charge in [-0.3, -0.25) is 0 Å². The molecule has 1 N–H and O–H groups in total. The van der Waals surface area contributed by atoms with Crippen LogP contribution in [0.3, 0.4) is 0 Å². The molecule has 2 rings (SSSR count). The van der Waals surface area contributed by atoms with Crippen LogP contribution >= 0.6 is 0 Å². The van der Waals surface area contributed by atoms with Gasteiger partial charge in [0.15, 0.2) is 0 Å². The lowest BCUT2D eigenvalue weighted by atomic mass is 9.93. The van der Waals surface area contributed by atoms with Crippen molar-refractivity contribution in [3.63, 3.8) is 0 Å². The molecule has 0 spiro atoms. The Morgan fingerprint density at radius 2 is 1.94 bits per heavy atom. The van der Waals surface area contributed by atoms with E-state index >= 15 is 0 Å². The van der Waals surface area contributed by atoms with Crippen LogP contribution in [0.25, 0.3) is 0 Å².